The van der Waals surface area contributed by atoms with E-state index < -0.39 is 0 Å². The van der Waals surface area contributed by atoms with Gasteiger partial charge in [-0.1, -0.05) is 11.8 Å². The highest BCUT2D eigenvalue weighted by atomic mass is 79.9. The van der Waals surface area contributed by atoms with E-state index in [2.05, 4.69) is 25.9 Å². The predicted octanol–water partition coefficient (Wildman–Crippen LogP) is 4.19. The van der Waals surface area contributed by atoms with Crippen LogP contribution in [0, 0.1) is 0 Å². The Morgan fingerprint density at radius 2 is 2.17 bits per heavy atom. The van der Waals surface area contributed by atoms with Crippen molar-refractivity contribution in [2.24, 2.45) is 0 Å². The molecule has 2 aromatic heterocycles. The van der Waals surface area contributed by atoms with Gasteiger partial charge in [0.15, 0.2) is 4.34 Å². The second kappa shape index (κ2) is 4.87. The van der Waals surface area contributed by atoms with Crippen LogP contribution in [0.2, 0.25) is 0 Å². The summed E-state index contributed by atoms with van der Waals surface area (Å²) in [6.45, 7) is 0. The summed E-state index contributed by atoms with van der Waals surface area (Å²) in [5.41, 5.74) is 7.53. The zero-order valence-electron chi connectivity index (χ0n) is 9.13. The maximum absolute atomic E-state index is 5.77. The lowest BCUT2D eigenvalue weighted by molar-refractivity contribution is 1.22. The van der Waals surface area contributed by atoms with Crippen LogP contribution in [0.15, 0.2) is 50.4 Å². The Balaban J connectivity index is 1.98. The minimum atomic E-state index is 0.771. The van der Waals surface area contributed by atoms with Crippen LogP contribution in [-0.4, -0.2) is 9.97 Å². The van der Waals surface area contributed by atoms with E-state index in [0.717, 1.165) is 29.6 Å². The third-order valence-electron chi connectivity index (χ3n) is 2.33. The number of halogens is 1. The quantitative estimate of drug-likeness (QED) is 0.712. The fourth-order valence-corrected chi connectivity index (χ4v) is 4.06. The molecule has 0 spiro atoms. The number of aromatic nitrogens is 2. The molecule has 0 bridgehead atoms. The first-order valence-corrected chi connectivity index (χ1v) is 7.58. The number of pyridine rings is 1. The standard InChI is InChI=1S/C12H8BrN3S2/c13-8-6-15-4-3-10(8)17-12-16-9-2-1-7(14)5-11(9)18-12/h1-6H,14H2. The van der Waals surface area contributed by atoms with Gasteiger partial charge in [-0.3, -0.25) is 4.98 Å². The highest BCUT2D eigenvalue weighted by Gasteiger charge is 2.08. The number of nitrogens with two attached hydrogens (primary N) is 1. The third kappa shape index (κ3) is 2.36. The zero-order valence-corrected chi connectivity index (χ0v) is 12.3. The summed E-state index contributed by atoms with van der Waals surface area (Å²) in [6, 6.07) is 7.75. The fourth-order valence-electron chi connectivity index (χ4n) is 1.50. The van der Waals surface area contributed by atoms with Crippen LogP contribution in [0.3, 0.4) is 0 Å². The van der Waals surface area contributed by atoms with Crippen LogP contribution in [0.25, 0.3) is 10.2 Å². The molecule has 3 rings (SSSR count). The summed E-state index contributed by atoms with van der Waals surface area (Å²) in [5, 5.41) is 0. The van der Waals surface area contributed by atoms with Crippen molar-refractivity contribution in [2.75, 3.05) is 5.73 Å². The molecule has 0 radical (unpaired) electrons. The Bertz CT molecular complexity index is 711. The Morgan fingerprint density at radius 1 is 1.28 bits per heavy atom. The second-order valence-electron chi connectivity index (χ2n) is 3.62. The first-order valence-electron chi connectivity index (χ1n) is 5.16. The van der Waals surface area contributed by atoms with E-state index in [9.17, 15) is 0 Å². The maximum Gasteiger partial charge on any atom is 0.155 e. The van der Waals surface area contributed by atoms with Crippen LogP contribution in [0.5, 0.6) is 0 Å². The molecule has 6 heteroatoms. The van der Waals surface area contributed by atoms with Gasteiger partial charge in [-0.15, -0.1) is 11.3 Å². The highest BCUT2D eigenvalue weighted by Crippen LogP contribution is 2.37. The van der Waals surface area contributed by atoms with Crippen molar-refractivity contribution in [2.45, 2.75) is 9.24 Å². The highest BCUT2D eigenvalue weighted by molar-refractivity contribution is 9.10. The normalized spacial score (nSPS) is 10.9. The lowest BCUT2D eigenvalue weighted by Crippen LogP contribution is -1.81. The van der Waals surface area contributed by atoms with Crippen molar-refractivity contribution in [3.8, 4) is 0 Å². The molecule has 90 valence electrons. The Hall–Kier alpha value is -1.11. The summed E-state index contributed by atoms with van der Waals surface area (Å²) in [6.07, 6.45) is 3.56. The van der Waals surface area contributed by atoms with Crippen LogP contribution in [0.1, 0.15) is 0 Å². The van der Waals surface area contributed by atoms with Gasteiger partial charge in [0, 0.05) is 27.4 Å². The van der Waals surface area contributed by atoms with E-state index in [1.54, 1.807) is 35.5 Å². The van der Waals surface area contributed by atoms with Gasteiger partial charge in [-0.25, -0.2) is 4.98 Å². The number of nitrogens with zero attached hydrogens (tertiary/aromatic N) is 2. The summed E-state index contributed by atoms with van der Waals surface area (Å²) in [7, 11) is 0. The van der Waals surface area contributed by atoms with Gasteiger partial charge in [0.2, 0.25) is 0 Å². The molecule has 2 N–H and O–H groups in total. The van der Waals surface area contributed by atoms with Gasteiger partial charge in [0.05, 0.1) is 10.2 Å². The van der Waals surface area contributed by atoms with Crippen LogP contribution in [-0.2, 0) is 0 Å². The topological polar surface area (TPSA) is 51.8 Å². The minimum Gasteiger partial charge on any atom is -0.399 e. The van der Waals surface area contributed by atoms with Crippen LogP contribution >= 0.6 is 39.0 Å². The number of fused-ring (bicyclic) bond motifs is 1. The zero-order chi connectivity index (χ0) is 12.5. The van der Waals surface area contributed by atoms with Crippen LogP contribution in [0.4, 0.5) is 5.69 Å². The number of thiazole rings is 1. The Morgan fingerprint density at radius 3 is 3.00 bits per heavy atom. The largest absolute Gasteiger partial charge is 0.399 e. The molecule has 18 heavy (non-hydrogen) atoms. The monoisotopic (exact) mass is 337 g/mol. The average Bonchev–Trinajstić information content (AvgIpc) is 2.73. The van der Waals surface area contributed by atoms with Gasteiger partial charge in [0.1, 0.15) is 0 Å². The smallest absolute Gasteiger partial charge is 0.155 e. The lowest BCUT2D eigenvalue weighted by Gasteiger charge is -1.98. The number of hydrogen-bond acceptors (Lipinski definition) is 5. The molecule has 3 nitrogen and oxygen atoms in total. The molecular weight excluding hydrogens is 330 g/mol. The first kappa shape index (κ1) is 12.0. The van der Waals surface area contributed by atoms with E-state index in [0.29, 0.717) is 0 Å². The molecule has 0 aliphatic carbocycles. The number of nitrogen functional groups attached to an aromatic ring is 1. The first-order chi connectivity index (χ1) is 8.72. The lowest BCUT2D eigenvalue weighted by atomic mass is 10.3. The van der Waals surface area contributed by atoms with E-state index in [4.69, 9.17) is 5.73 Å². The van der Waals surface area contributed by atoms with Gasteiger partial charge in [0.25, 0.3) is 0 Å². The van der Waals surface area contributed by atoms with Crippen LogP contribution < -0.4 is 5.73 Å². The van der Waals surface area contributed by atoms with Crippen molar-refractivity contribution >= 4 is 54.9 Å². The van der Waals surface area contributed by atoms with Crippen molar-refractivity contribution in [3.05, 3.63) is 41.1 Å². The molecule has 0 fully saturated rings. The van der Waals surface area contributed by atoms with Crippen molar-refractivity contribution in [1.82, 2.24) is 9.97 Å². The Labute approximate surface area is 121 Å². The average molecular weight is 338 g/mol. The summed E-state index contributed by atoms with van der Waals surface area (Å²) in [5.74, 6) is 0. The number of benzene rings is 1. The maximum atomic E-state index is 5.77. The van der Waals surface area contributed by atoms with Crippen molar-refractivity contribution in [3.63, 3.8) is 0 Å². The molecule has 0 aliphatic heterocycles. The SMILES string of the molecule is Nc1ccc2nc(Sc3ccncc3Br)sc2c1. The van der Waals surface area contributed by atoms with E-state index >= 15 is 0 Å². The number of hydrogen-bond donors (Lipinski definition) is 1. The minimum absolute atomic E-state index is 0.771. The van der Waals surface area contributed by atoms with Gasteiger partial charge in [-0.2, -0.15) is 0 Å². The van der Waals surface area contributed by atoms with Crippen molar-refractivity contribution < 1.29 is 0 Å². The molecule has 0 saturated carbocycles. The summed E-state index contributed by atoms with van der Waals surface area (Å²) >= 11 is 6.75. The Kier molecular flexibility index (Phi) is 3.23. The van der Waals surface area contributed by atoms with Crippen molar-refractivity contribution in [1.29, 1.82) is 0 Å². The number of anilines is 1. The van der Waals surface area contributed by atoms with E-state index in [1.807, 2.05) is 24.3 Å². The predicted molar refractivity (Wildman–Crippen MR) is 80.1 cm³/mol. The molecule has 1 aromatic carbocycles. The van der Waals surface area contributed by atoms with E-state index in [1.165, 1.54) is 0 Å². The molecule has 0 aliphatic rings. The molecule has 0 unspecified atom stereocenters. The molecule has 0 atom stereocenters. The summed E-state index contributed by atoms with van der Waals surface area (Å²) < 4.78 is 3.10. The molecule has 3 aromatic rings. The molecule has 0 amide bonds. The third-order valence-corrected chi connectivity index (χ3v) is 5.37. The second-order valence-corrected chi connectivity index (χ2v) is 6.79. The van der Waals surface area contributed by atoms with Gasteiger partial charge in [-0.05, 0) is 40.2 Å². The number of rotatable bonds is 2. The molecule has 2 heterocycles. The van der Waals surface area contributed by atoms with Gasteiger partial charge < -0.3 is 5.73 Å². The fraction of sp³-hybridized carbons (Fsp3) is 0. The van der Waals surface area contributed by atoms with Gasteiger partial charge >= 0.3 is 0 Å². The summed E-state index contributed by atoms with van der Waals surface area (Å²) in [4.78, 5) is 9.73. The molecule has 0 saturated heterocycles. The van der Waals surface area contributed by atoms with E-state index in [-0.39, 0.29) is 0 Å². The molecular formula is C12H8BrN3S2.